The molecule has 0 fully saturated rings. The van der Waals surface area contributed by atoms with Crippen LogP contribution in [0.5, 0.6) is 0 Å². The predicted octanol–water partition coefficient (Wildman–Crippen LogP) is 4.43. The van der Waals surface area contributed by atoms with Crippen LogP contribution in [-0.4, -0.2) is 6.04 Å². The third-order valence-corrected chi connectivity index (χ3v) is 3.12. The van der Waals surface area contributed by atoms with Gasteiger partial charge in [0.2, 0.25) is 0 Å². The van der Waals surface area contributed by atoms with E-state index < -0.39 is 0 Å². The van der Waals surface area contributed by atoms with Crippen LogP contribution >= 0.6 is 15.9 Å². The van der Waals surface area contributed by atoms with Gasteiger partial charge in [0.05, 0.1) is 4.47 Å². The van der Waals surface area contributed by atoms with Crippen LogP contribution in [0.4, 0.5) is 10.1 Å². The molecule has 1 atom stereocenters. The molecule has 0 aliphatic rings. The Morgan fingerprint density at radius 1 is 1.40 bits per heavy atom. The minimum Gasteiger partial charge on any atom is -0.382 e. The van der Waals surface area contributed by atoms with E-state index in [1.54, 1.807) is 12.1 Å². The zero-order valence-electron chi connectivity index (χ0n) is 9.35. The van der Waals surface area contributed by atoms with Gasteiger partial charge >= 0.3 is 0 Å². The SMILES string of the molecule is CCC(Nc1ccc(F)c(Br)c1)C(C)C. The highest BCUT2D eigenvalue weighted by Gasteiger charge is 2.11. The second-order valence-electron chi connectivity index (χ2n) is 4.03. The predicted molar refractivity (Wildman–Crippen MR) is 66.6 cm³/mol. The zero-order chi connectivity index (χ0) is 11.4. The average Bonchev–Trinajstić information content (AvgIpc) is 2.19. The van der Waals surface area contributed by atoms with Gasteiger partial charge in [-0.2, -0.15) is 0 Å². The molecule has 0 aliphatic heterocycles. The minimum absolute atomic E-state index is 0.224. The van der Waals surface area contributed by atoms with Gasteiger partial charge in [-0.1, -0.05) is 20.8 Å². The average molecular weight is 274 g/mol. The molecule has 0 bridgehead atoms. The van der Waals surface area contributed by atoms with Crippen molar-refractivity contribution in [2.45, 2.75) is 33.2 Å². The Bertz CT molecular complexity index is 325. The van der Waals surface area contributed by atoms with Crippen LogP contribution in [0.25, 0.3) is 0 Å². The fraction of sp³-hybridized carbons (Fsp3) is 0.500. The summed E-state index contributed by atoms with van der Waals surface area (Å²) in [5.74, 6) is 0.344. The van der Waals surface area contributed by atoms with Crippen LogP contribution in [0.2, 0.25) is 0 Å². The summed E-state index contributed by atoms with van der Waals surface area (Å²) in [4.78, 5) is 0. The van der Waals surface area contributed by atoms with Crippen molar-refractivity contribution in [1.82, 2.24) is 0 Å². The first-order chi connectivity index (χ1) is 7.04. The van der Waals surface area contributed by atoms with E-state index in [4.69, 9.17) is 0 Å². The number of benzene rings is 1. The monoisotopic (exact) mass is 273 g/mol. The third kappa shape index (κ3) is 3.49. The lowest BCUT2D eigenvalue weighted by molar-refractivity contribution is 0.511. The van der Waals surface area contributed by atoms with Crippen LogP contribution in [0.15, 0.2) is 22.7 Å². The van der Waals surface area contributed by atoms with Crippen molar-refractivity contribution in [2.24, 2.45) is 5.92 Å². The lowest BCUT2D eigenvalue weighted by atomic mass is 10.0. The maximum Gasteiger partial charge on any atom is 0.137 e. The molecule has 0 spiro atoms. The summed E-state index contributed by atoms with van der Waals surface area (Å²) in [5.41, 5.74) is 0.962. The number of hydrogen-bond donors (Lipinski definition) is 1. The van der Waals surface area contributed by atoms with Crippen LogP contribution in [0, 0.1) is 11.7 Å². The molecule has 0 aliphatic carbocycles. The molecule has 1 nitrogen and oxygen atoms in total. The number of halogens is 2. The maximum atomic E-state index is 13.0. The third-order valence-electron chi connectivity index (χ3n) is 2.52. The van der Waals surface area contributed by atoms with E-state index in [0.29, 0.717) is 16.4 Å². The first-order valence-corrected chi connectivity index (χ1v) is 6.05. The van der Waals surface area contributed by atoms with Crippen LogP contribution in [0.1, 0.15) is 27.2 Å². The van der Waals surface area contributed by atoms with Crippen LogP contribution in [0.3, 0.4) is 0 Å². The summed E-state index contributed by atoms with van der Waals surface area (Å²) in [6, 6.07) is 5.45. The minimum atomic E-state index is -0.224. The number of anilines is 1. The van der Waals surface area contributed by atoms with Gasteiger partial charge in [0.25, 0.3) is 0 Å². The molecule has 1 rings (SSSR count). The Balaban J connectivity index is 2.75. The highest BCUT2D eigenvalue weighted by atomic mass is 79.9. The molecule has 3 heteroatoms. The Morgan fingerprint density at radius 2 is 2.07 bits per heavy atom. The van der Waals surface area contributed by atoms with Gasteiger partial charge in [0, 0.05) is 11.7 Å². The molecule has 0 aromatic heterocycles. The lowest BCUT2D eigenvalue weighted by Crippen LogP contribution is -2.24. The Labute approximate surface area is 99.2 Å². The fourth-order valence-electron chi connectivity index (χ4n) is 1.54. The van der Waals surface area contributed by atoms with Crippen molar-refractivity contribution in [2.75, 3.05) is 5.32 Å². The van der Waals surface area contributed by atoms with E-state index >= 15 is 0 Å². The van der Waals surface area contributed by atoms with E-state index in [-0.39, 0.29) is 5.82 Å². The first-order valence-electron chi connectivity index (χ1n) is 5.26. The van der Waals surface area contributed by atoms with Crippen molar-refractivity contribution in [3.8, 4) is 0 Å². The second kappa shape index (κ2) is 5.50. The highest BCUT2D eigenvalue weighted by Crippen LogP contribution is 2.22. The van der Waals surface area contributed by atoms with Crippen molar-refractivity contribution in [3.63, 3.8) is 0 Å². The Hall–Kier alpha value is -0.570. The van der Waals surface area contributed by atoms with Gasteiger partial charge < -0.3 is 5.32 Å². The van der Waals surface area contributed by atoms with Crippen molar-refractivity contribution in [3.05, 3.63) is 28.5 Å². The Morgan fingerprint density at radius 3 is 2.53 bits per heavy atom. The summed E-state index contributed by atoms with van der Waals surface area (Å²) in [5, 5.41) is 3.40. The molecule has 0 heterocycles. The molecular formula is C12H17BrFN. The van der Waals surface area contributed by atoms with E-state index in [9.17, 15) is 4.39 Å². The number of nitrogens with one attached hydrogen (secondary N) is 1. The summed E-state index contributed by atoms with van der Waals surface area (Å²) in [7, 11) is 0. The molecule has 0 radical (unpaired) electrons. The maximum absolute atomic E-state index is 13.0. The first kappa shape index (κ1) is 12.5. The number of hydrogen-bond acceptors (Lipinski definition) is 1. The second-order valence-corrected chi connectivity index (χ2v) is 4.89. The molecule has 1 unspecified atom stereocenters. The zero-order valence-corrected chi connectivity index (χ0v) is 10.9. The molecule has 0 saturated heterocycles. The van der Waals surface area contributed by atoms with Gasteiger partial charge in [-0.05, 0) is 46.5 Å². The fourth-order valence-corrected chi connectivity index (χ4v) is 1.92. The van der Waals surface area contributed by atoms with Crippen molar-refractivity contribution < 1.29 is 4.39 Å². The van der Waals surface area contributed by atoms with Gasteiger partial charge in [0.15, 0.2) is 0 Å². The summed E-state index contributed by atoms with van der Waals surface area (Å²) in [6.07, 6.45) is 1.06. The van der Waals surface area contributed by atoms with Crippen molar-refractivity contribution in [1.29, 1.82) is 0 Å². The van der Waals surface area contributed by atoms with E-state index in [1.807, 2.05) is 0 Å². The molecular weight excluding hydrogens is 257 g/mol. The normalized spacial score (nSPS) is 12.9. The standard InChI is InChI=1S/C12H17BrFN/c1-4-12(8(2)3)15-9-5-6-11(14)10(13)7-9/h5-8,12,15H,4H2,1-3H3. The smallest absolute Gasteiger partial charge is 0.137 e. The van der Waals surface area contributed by atoms with E-state index in [1.165, 1.54) is 6.07 Å². The molecule has 84 valence electrons. The number of rotatable bonds is 4. The molecule has 0 amide bonds. The van der Waals surface area contributed by atoms with E-state index in [2.05, 4.69) is 42.0 Å². The van der Waals surface area contributed by atoms with Crippen molar-refractivity contribution >= 4 is 21.6 Å². The van der Waals surface area contributed by atoms with Crippen LogP contribution < -0.4 is 5.32 Å². The van der Waals surface area contributed by atoms with Gasteiger partial charge in [0.1, 0.15) is 5.82 Å². The van der Waals surface area contributed by atoms with Gasteiger partial charge in [-0.25, -0.2) is 4.39 Å². The summed E-state index contributed by atoms with van der Waals surface area (Å²) < 4.78 is 13.5. The summed E-state index contributed by atoms with van der Waals surface area (Å²) >= 11 is 3.18. The molecule has 1 aromatic carbocycles. The lowest BCUT2D eigenvalue weighted by Gasteiger charge is -2.22. The van der Waals surface area contributed by atoms with Crippen LogP contribution in [-0.2, 0) is 0 Å². The molecule has 0 saturated carbocycles. The molecule has 1 aromatic rings. The highest BCUT2D eigenvalue weighted by molar-refractivity contribution is 9.10. The van der Waals surface area contributed by atoms with Gasteiger partial charge in [-0.15, -0.1) is 0 Å². The Kier molecular flexibility index (Phi) is 4.58. The largest absolute Gasteiger partial charge is 0.382 e. The molecule has 15 heavy (non-hydrogen) atoms. The van der Waals surface area contributed by atoms with E-state index in [0.717, 1.165) is 12.1 Å². The van der Waals surface area contributed by atoms with Gasteiger partial charge in [-0.3, -0.25) is 0 Å². The summed E-state index contributed by atoms with van der Waals surface area (Å²) in [6.45, 7) is 6.51. The molecule has 1 N–H and O–H groups in total. The quantitative estimate of drug-likeness (QED) is 0.856. The topological polar surface area (TPSA) is 12.0 Å².